The van der Waals surface area contributed by atoms with Gasteiger partial charge >= 0.3 is 5.97 Å². The zero-order valence-electron chi connectivity index (χ0n) is 10.2. The Hall–Kier alpha value is -1.62. The van der Waals surface area contributed by atoms with Gasteiger partial charge in [0, 0.05) is 18.2 Å². The number of ether oxygens (including phenoxy) is 2. The minimum Gasteiger partial charge on any atom is -0.480 e. The van der Waals surface area contributed by atoms with E-state index in [1.54, 1.807) is 19.2 Å². The number of esters is 1. The van der Waals surface area contributed by atoms with Crippen molar-refractivity contribution in [2.75, 3.05) is 13.2 Å². The smallest absolute Gasteiger partial charge is 0.344 e. The molecule has 17 heavy (non-hydrogen) atoms. The number of nitrogens with two attached hydrogens (primary N) is 1. The van der Waals surface area contributed by atoms with Gasteiger partial charge in [0.05, 0.1) is 12.8 Å². The van der Waals surface area contributed by atoms with Crippen LogP contribution in [0.25, 0.3) is 0 Å². The molecule has 0 aliphatic heterocycles. The molecule has 0 saturated carbocycles. The molecule has 1 aromatic heterocycles. The Bertz CT molecular complexity index is 349. The number of aromatic nitrogens is 1. The lowest BCUT2D eigenvalue weighted by atomic mass is 10.2. The number of hydrogen-bond acceptors (Lipinski definition) is 5. The van der Waals surface area contributed by atoms with E-state index in [0.717, 1.165) is 12.1 Å². The first-order chi connectivity index (χ1) is 8.11. The lowest BCUT2D eigenvalue weighted by Crippen LogP contribution is -2.18. The molecule has 1 heterocycles. The van der Waals surface area contributed by atoms with Crippen molar-refractivity contribution in [2.45, 2.75) is 26.3 Å². The molecule has 0 aromatic carbocycles. The van der Waals surface area contributed by atoms with E-state index in [1.165, 1.54) is 0 Å². The fourth-order valence-electron chi connectivity index (χ4n) is 1.29. The Morgan fingerprint density at radius 2 is 2.29 bits per heavy atom. The van der Waals surface area contributed by atoms with Crippen molar-refractivity contribution in [1.29, 1.82) is 0 Å². The fraction of sp³-hybridized carbons (Fsp3) is 0.500. The fourth-order valence-corrected chi connectivity index (χ4v) is 1.29. The quantitative estimate of drug-likeness (QED) is 0.746. The van der Waals surface area contributed by atoms with Crippen molar-refractivity contribution in [3.8, 4) is 5.75 Å². The maximum Gasteiger partial charge on any atom is 0.344 e. The third-order valence-electron chi connectivity index (χ3n) is 1.99. The first-order valence-corrected chi connectivity index (χ1v) is 5.60. The van der Waals surface area contributed by atoms with Crippen LogP contribution < -0.4 is 10.5 Å². The second-order valence-electron chi connectivity index (χ2n) is 3.76. The predicted molar refractivity (Wildman–Crippen MR) is 63.7 cm³/mol. The van der Waals surface area contributed by atoms with E-state index >= 15 is 0 Å². The van der Waals surface area contributed by atoms with Gasteiger partial charge in [0.1, 0.15) is 5.75 Å². The summed E-state index contributed by atoms with van der Waals surface area (Å²) in [4.78, 5) is 15.2. The summed E-state index contributed by atoms with van der Waals surface area (Å²) in [7, 11) is 0. The molecule has 1 atom stereocenters. The Morgan fingerprint density at radius 3 is 2.82 bits per heavy atom. The molecular weight excluding hydrogens is 220 g/mol. The van der Waals surface area contributed by atoms with Gasteiger partial charge in [-0.1, -0.05) is 0 Å². The molecule has 0 saturated heterocycles. The minimum atomic E-state index is -0.382. The third-order valence-corrected chi connectivity index (χ3v) is 1.99. The highest BCUT2D eigenvalue weighted by atomic mass is 16.6. The normalized spacial score (nSPS) is 11.9. The van der Waals surface area contributed by atoms with Crippen LogP contribution in [0.1, 0.15) is 19.5 Å². The van der Waals surface area contributed by atoms with Crippen molar-refractivity contribution in [2.24, 2.45) is 5.73 Å². The maximum absolute atomic E-state index is 11.0. The van der Waals surface area contributed by atoms with Gasteiger partial charge < -0.3 is 15.2 Å². The highest BCUT2D eigenvalue weighted by Gasteiger charge is 2.04. The summed E-state index contributed by atoms with van der Waals surface area (Å²) in [5.41, 5.74) is 6.57. The van der Waals surface area contributed by atoms with Crippen molar-refractivity contribution in [1.82, 2.24) is 4.98 Å². The van der Waals surface area contributed by atoms with Gasteiger partial charge in [-0.15, -0.1) is 0 Å². The van der Waals surface area contributed by atoms with Crippen molar-refractivity contribution >= 4 is 5.97 Å². The summed E-state index contributed by atoms with van der Waals surface area (Å²) in [6.07, 6.45) is 2.30. The first-order valence-electron chi connectivity index (χ1n) is 5.60. The number of hydrogen-bond donors (Lipinski definition) is 1. The van der Waals surface area contributed by atoms with Gasteiger partial charge in [0.15, 0.2) is 6.61 Å². The van der Waals surface area contributed by atoms with Crippen LogP contribution >= 0.6 is 0 Å². The summed E-state index contributed by atoms with van der Waals surface area (Å²) in [6.45, 7) is 3.94. The van der Waals surface area contributed by atoms with Gasteiger partial charge in [-0.3, -0.25) is 4.98 Å². The van der Waals surface area contributed by atoms with E-state index in [9.17, 15) is 4.79 Å². The maximum atomic E-state index is 11.0. The molecule has 94 valence electrons. The van der Waals surface area contributed by atoms with E-state index in [-0.39, 0.29) is 18.6 Å². The van der Waals surface area contributed by atoms with Crippen molar-refractivity contribution < 1.29 is 14.3 Å². The molecule has 0 radical (unpaired) electrons. The Morgan fingerprint density at radius 1 is 1.53 bits per heavy atom. The van der Waals surface area contributed by atoms with E-state index in [4.69, 9.17) is 15.2 Å². The molecule has 5 heteroatoms. The zero-order chi connectivity index (χ0) is 12.7. The van der Waals surface area contributed by atoms with E-state index in [1.807, 2.05) is 13.0 Å². The van der Waals surface area contributed by atoms with Crippen molar-refractivity contribution in [3.05, 3.63) is 24.0 Å². The molecule has 0 aliphatic rings. The Kier molecular flexibility index (Phi) is 5.42. The minimum absolute atomic E-state index is 0.0776. The highest BCUT2D eigenvalue weighted by molar-refractivity contribution is 5.71. The summed E-state index contributed by atoms with van der Waals surface area (Å²) < 4.78 is 9.95. The second-order valence-corrected chi connectivity index (χ2v) is 3.76. The van der Waals surface area contributed by atoms with Gasteiger partial charge in [-0.25, -0.2) is 4.79 Å². The largest absolute Gasteiger partial charge is 0.480 e. The van der Waals surface area contributed by atoms with Gasteiger partial charge in [0.2, 0.25) is 0 Å². The summed E-state index contributed by atoms with van der Waals surface area (Å²) in [6, 6.07) is 3.68. The van der Waals surface area contributed by atoms with Crippen LogP contribution in [0.4, 0.5) is 0 Å². The van der Waals surface area contributed by atoms with Gasteiger partial charge in [-0.2, -0.15) is 0 Å². The lowest BCUT2D eigenvalue weighted by Gasteiger charge is -2.07. The molecule has 1 aromatic rings. The molecule has 1 unspecified atom stereocenters. The molecule has 0 aliphatic carbocycles. The molecule has 5 nitrogen and oxygen atoms in total. The topological polar surface area (TPSA) is 74.4 Å². The lowest BCUT2D eigenvalue weighted by molar-refractivity contribution is -0.145. The zero-order valence-corrected chi connectivity index (χ0v) is 10.2. The molecule has 0 amide bonds. The molecule has 1 rings (SSSR count). The van der Waals surface area contributed by atoms with Crippen LogP contribution in [0.15, 0.2) is 18.3 Å². The molecule has 0 fully saturated rings. The van der Waals surface area contributed by atoms with E-state index in [2.05, 4.69) is 4.98 Å². The van der Waals surface area contributed by atoms with E-state index < -0.39 is 0 Å². The van der Waals surface area contributed by atoms with Crippen LogP contribution in [-0.2, 0) is 16.0 Å². The number of rotatable bonds is 6. The highest BCUT2D eigenvalue weighted by Crippen LogP contribution is 2.10. The molecule has 2 N–H and O–H groups in total. The Balaban J connectivity index is 2.42. The summed E-state index contributed by atoms with van der Waals surface area (Å²) in [5, 5.41) is 0. The standard InChI is InChI=1S/C12H18N2O3/c1-3-16-12(15)8-17-11-5-4-10(14-7-11)6-9(2)13/h4-5,7,9H,3,6,8,13H2,1-2H3. The third kappa shape index (κ3) is 5.31. The molecular formula is C12H18N2O3. The van der Waals surface area contributed by atoms with Crippen LogP contribution in [0.3, 0.4) is 0 Å². The van der Waals surface area contributed by atoms with Crippen LogP contribution in [0.5, 0.6) is 5.75 Å². The summed E-state index contributed by atoms with van der Waals surface area (Å²) >= 11 is 0. The number of carbonyl (C=O) groups excluding carboxylic acids is 1. The SMILES string of the molecule is CCOC(=O)COc1ccc(CC(C)N)nc1. The predicted octanol–water partition coefficient (Wildman–Crippen LogP) is 0.913. The molecule has 0 spiro atoms. The number of pyridine rings is 1. The summed E-state index contributed by atoms with van der Waals surface area (Å²) in [5.74, 6) is 0.165. The van der Waals surface area contributed by atoms with E-state index in [0.29, 0.717) is 12.4 Å². The molecule has 0 bridgehead atoms. The first kappa shape index (κ1) is 13.4. The number of nitrogens with zero attached hydrogens (tertiary/aromatic N) is 1. The number of carbonyl (C=O) groups is 1. The monoisotopic (exact) mass is 238 g/mol. The van der Waals surface area contributed by atoms with Gasteiger partial charge in [-0.05, 0) is 26.0 Å². The average molecular weight is 238 g/mol. The van der Waals surface area contributed by atoms with Crippen LogP contribution in [0.2, 0.25) is 0 Å². The van der Waals surface area contributed by atoms with Gasteiger partial charge in [0.25, 0.3) is 0 Å². The second kappa shape index (κ2) is 6.85. The Labute approximate surface area is 101 Å². The van der Waals surface area contributed by atoms with Crippen LogP contribution in [0, 0.1) is 0 Å². The average Bonchev–Trinajstić information content (AvgIpc) is 2.28. The van der Waals surface area contributed by atoms with Crippen molar-refractivity contribution in [3.63, 3.8) is 0 Å². The van der Waals surface area contributed by atoms with Crippen LogP contribution in [-0.4, -0.2) is 30.2 Å².